The van der Waals surface area contributed by atoms with E-state index in [1.165, 1.54) is 18.2 Å². The molecule has 3 aromatic carbocycles. The van der Waals surface area contributed by atoms with Crippen molar-refractivity contribution in [3.05, 3.63) is 89.2 Å². The van der Waals surface area contributed by atoms with Gasteiger partial charge in [0.1, 0.15) is 17.7 Å². The molecule has 0 fully saturated rings. The number of halogens is 1. The van der Waals surface area contributed by atoms with Gasteiger partial charge >= 0.3 is 5.97 Å². The van der Waals surface area contributed by atoms with Gasteiger partial charge in [0, 0.05) is 31.2 Å². The number of fused-ring (bicyclic) bond motifs is 1. The number of carboxylic acid groups (broad SMARTS) is 1. The number of carboxylic acids is 1. The van der Waals surface area contributed by atoms with E-state index in [4.69, 9.17) is 9.84 Å². The number of likely N-dealkylation sites (N-methyl/N-ethyl adjacent to an activating group) is 1. The van der Waals surface area contributed by atoms with Gasteiger partial charge in [-0.15, -0.1) is 0 Å². The van der Waals surface area contributed by atoms with Crippen molar-refractivity contribution in [3.8, 4) is 5.75 Å². The number of aliphatic hydroxyl groups excluding tert-OH is 1. The molecule has 0 saturated heterocycles. The average Bonchev–Trinajstić information content (AvgIpc) is 2.95. The van der Waals surface area contributed by atoms with Gasteiger partial charge in [-0.25, -0.2) is 17.6 Å². The highest BCUT2D eigenvalue weighted by molar-refractivity contribution is 7.92. The maximum Gasteiger partial charge on any atom is 0.335 e. The van der Waals surface area contributed by atoms with Crippen molar-refractivity contribution >= 4 is 27.6 Å². The van der Waals surface area contributed by atoms with Crippen LogP contribution in [0, 0.1) is 11.7 Å². The number of amides is 1. The standard InChI is InChI=1S/C30H34FN3O7S/c1-19-15-34(20(2)18-35)29(36)26-14-24(32-42(39,40)25-11-8-23(31)9-12-25)10-13-27(26)41-28(19)17-33(3)16-21-4-6-22(7-5-21)30(37)38/h4-14,19-20,28,32,35H,15-18H2,1-3H3,(H,37,38)/t19-,20+,28+/m0/s1. The van der Waals surface area contributed by atoms with Gasteiger partial charge in [-0.3, -0.25) is 14.4 Å². The second kappa shape index (κ2) is 12.9. The summed E-state index contributed by atoms with van der Waals surface area (Å²) in [4.78, 5) is 28.3. The van der Waals surface area contributed by atoms with Gasteiger partial charge < -0.3 is 19.8 Å². The van der Waals surface area contributed by atoms with Crippen molar-refractivity contribution in [2.75, 3.05) is 31.5 Å². The molecule has 10 nitrogen and oxygen atoms in total. The monoisotopic (exact) mass is 599 g/mol. The first-order valence-electron chi connectivity index (χ1n) is 13.4. The van der Waals surface area contributed by atoms with Crippen molar-refractivity contribution in [2.24, 2.45) is 5.92 Å². The summed E-state index contributed by atoms with van der Waals surface area (Å²) in [6, 6.07) is 14.9. The summed E-state index contributed by atoms with van der Waals surface area (Å²) in [5.74, 6) is -1.83. The predicted octanol–water partition coefficient (Wildman–Crippen LogP) is 3.68. The smallest absolute Gasteiger partial charge is 0.335 e. The van der Waals surface area contributed by atoms with Crippen molar-refractivity contribution in [2.45, 2.75) is 37.4 Å². The van der Waals surface area contributed by atoms with Crippen LogP contribution >= 0.6 is 0 Å². The molecule has 0 unspecified atom stereocenters. The molecule has 1 aliphatic heterocycles. The van der Waals surface area contributed by atoms with Crippen LogP contribution in [0.15, 0.2) is 71.6 Å². The molecule has 3 N–H and O–H groups in total. The molecule has 42 heavy (non-hydrogen) atoms. The molecule has 1 amide bonds. The Morgan fingerprint density at radius 3 is 2.43 bits per heavy atom. The highest BCUT2D eigenvalue weighted by Gasteiger charge is 2.33. The molecule has 0 aromatic heterocycles. The van der Waals surface area contributed by atoms with Gasteiger partial charge in [-0.1, -0.05) is 19.1 Å². The van der Waals surface area contributed by atoms with Gasteiger partial charge in [0.05, 0.1) is 28.7 Å². The Morgan fingerprint density at radius 1 is 1.14 bits per heavy atom. The molecule has 0 spiro atoms. The summed E-state index contributed by atoms with van der Waals surface area (Å²) >= 11 is 0. The minimum Gasteiger partial charge on any atom is -0.488 e. The second-order valence-corrected chi connectivity index (χ2v) is 12.3. The van der Waals surface area contributed by atoms with E-state index in [0.717, 1.165) is 29.8 Å². The van der Waals surface area contributed by atoms with Crippen LogP contribution in [-0.2, 0) is 16.6 Å². The highest BCUT2D eigenvalue weighted by Crippen LogP contribution is 2.31. The Hall–Kier alpha value is -4.00. The normalized spacial score (nSPS) is 18.0. The number of nitrogens with one attached hydrogen (secondary N) is 1. The van der Waals surface area contributed by atoms with Gasteiger partial charge in [0.15, 0.2) is 0 Å². The largest absolute Gasteiger partial charge is 0.488 e. The second-order valence-electron chi connectivity index (χ2n) is 10.6. The predicted molar refractivity (Wildman–Crippen MR) is 155 cm³/mol. The summed E-state index contributed by atoms with van der Waals surface area (Å²) in [5, 5.41) is 19.0. The number of ether oxygens (including phenoxy) is 1. The number of anilines is 1. The number of hydrogen-bond donors (Lipinski definition) is 3. The molecule has 4 rings (SSSR count). The van der Waals surface area contributed by atoms with Crippen LogP contribution in [-0.4, -0.2) is 79.2 Å². The lowest BCUT2D eigenvalue weighted by Crippen LogP contribution is -2.49. The molecule has 1 aliphatic rings. The highest BCUT2D eigenvalue weighted by atomic mass is 32.2. The summed E-state index contributed by atoms with van der Waals surface area (Å²) in [6.07, 6.45) is -0.379. The summed E-state index contributed by atoms with van der Waals surface area (Å²) in [5.41, 5.74) is 1.39. The first-order chi connectivity index (χ1) is 19.9. The number of sulfonamides is 1. The zero-order valence-electron chi connectivity index (χ0n) is 23.5. The lowest BCUT2D eigenvalue weighted by Gasteiger charge is -2.38. The fourth-order valence-electron chi connectivity index (χ4n) is 4.77. The van der Waals surface area contributed by atoms with Crippen LogP contribution in [0.3, 0.4) is 0 Å². The zero-order chi connectivity index (χ0) is 30.6. The lowest BCUT2D eigenvalue weighted by molar-refractivity contribution is 0.0341. The minimum absolute atomic E-state index is 0.124. The third kappa shape index (κ3) is 7.25. The number of carbonyl (C=O) groups excluding carboxylic acids is 1. The maximum absolute atomic E-state index is 13.7. The van der Waals surface area contributed by atoms with Gasteiger partial charge in [0.2, 0.25) is 0 Å². The molecular formula is C30H34FN3O7S. The number of rotatable bonds is 10. The van der Waals surface area contributed by atoms with Crippen LogP contribution in [0.1, 0.15) is 40.1 Å². The van der Waals surface area contributed by atoms with E-state index in [0.29, 0.717) is 13.1 Å². The van der Waals surface area contributed by atoms with E-state index in [1.807, 2.05) is 18.9 Å². The minimum atomic E-state index is -4.06. The van der Waals surface area contributed by atoms with Gasteiger partial charge in [-0.2, -0.15) is 0 Å². The van der Waals surface area contributed by atoms with Crippen LogP contribution in [0.2, 0.25) is 0 Å². The molecule has 3 atom stereocenters. The Balaban J connectivity index is 1.60. The van der Waals surface area contributed by atoms with E-state index in [-0.39, 0.29) is 52.6 Å². The molecule has 224 valence electrons. The first-order valence-corrected chi connectivity index (χ1v) is 14.9. The fourth-order valence-corrected chi connectivity index (χ4v) is 5.82. The molecule has 0 bridgehead atoms. The van der Waals surface area contributed by atoms with Crippen molar-refractivity contribution < 1.29 is 37.3 Å². The quantitative estimate of drug-likeness (QED) is 0.321. The number of nitrogens with zero attached hydrogens (tertiary/aromatic N) is 2. The molecule has 1 heterocycles. The van der Waals surface area contributed by atoms with E-state index < -0.39 is 33.8 Å². The van der Waals surface area contributed by atoms with Crippen LogP contribution in [0.4, 0.5) is 10.1 Å². The Bertz CT molecular complexity index is 1530. The molecule has 12 heteroatoms. The van der Waals surface area contributed by atoms with Crippen LogP contribution < -0.4 is 9.46 Å². The summed E-state index contributed by atoms with van der Waals surface area (Å²) < 4.78 is 47.9. The molecule has 0 aliphatic carbocycles. The number of aliphatic hydroxyl groups is 1. The average molecular weight is 600 g/mol. The number of hydrogen-bond acceptors (Lipinski definition) is 7. The third-order valence-electron chi connectivity index (χ3n) is 7.19. The van der Waals surface area contributed by atoms with E-state index >= 15 is 0 Å². The molecule has 3 aromatic rings. The Labute approximate surface area is 244 Å². The van der Waals surface area contributed by atoms with E-state index in [9.17, 15) is 27.5 Å². The van der Waals surface area contributed by atoms with Crippen LogP contribution in [0.25, 0.3) is 0 Å². The number of carbonyl (C=O) groups is 2. The zero-order valence-corrected chi connectivity index (χ0v) is 24.3. The summed E-state index contributed by atoms with van der Waals surface area (Å²) in [7, 11) is -2.15. The first kappa shape index (κ1) is 30.9. The molecular weight excluding hydrogens is 565 g/mol. The summed E-state index contributed by atoms with van der Waals surface area (Å²) in [6.45, 7) is 4.71. The van der Waals surface area contributed by atoms with E-state index in [2.05, 4.69) is 4.72 Å². The van der Waals surface area contributed by atoms with Gasteiger partial charge in [0.25, 0.3) is 15.9 Å². The van der Waals surface area contributed by atoms with Crippen molar-refractivity contribution in [1.82, 2.24) is 9.80 Å². The topological polar surface area (TPSA) is 136 Å². The lowest BCUT2D eigenvalue weighted by atomic mass is 9.99. The van der Waals surface area contributed by atoms with E-state index in [1.54, 1.807) is 36.1 Å². The fraction of sp³-hybridized carbons (Fsp3) is 0.333. The SMILES string of the molecule is C[C@H](CO)N1C[C@H](C)[C@@H](CN(C)Cc2ccc(C(=O)O)cc2)Oc2ccc(NS(=O)(=O)c3ccc(F)cc3)cc2C1=O. The molecule has 0 saturated carbocycles. The number of benzene rings is 3. The van der Waals surface area contributed by atoms with Crippen molar-refractivity contribution in [3.63, 3.8) is 0 Å². The maximum atomic E-state index is 13.7. The van der Waals surface area contributed by atoms with Crippen LogP contribution in [0.5, 0.6) is 5.75 Å². The van der Waals surface area contributed by atoms with Crippen molar-refractivity contribution in [1.29, 1.82) is 0 Å². The Kier molecular flexibility index (Phi) is 9.50. The van der Waals surface area contributed by atoms with Gasteiger partial charge in [-0.05, 0) is 74.1 Å². The molecule has 0 radical (unpaired) electrons. The third-order valence-corrected chi connectivity index (χ3v) is 8.58. The number of aromatic carboxylic acids is 1. The Morgan fingerprint density at radius 2 is 1.81 bits per heavy atom.